The summed E-state index contributed by atoms with van der Waals surface area (Å²) in [6, 6.07) is 16.4. The summed E-state index contributed by atoms with van der Waals surface area (Å²) >= 11 is 1.45. The first-order valence-electron chi connectivity index (χ1n) is 7.55. The van der Waals surface area contributed by atoms with Gasteiger partial charge in [-0.05, 0) is 42.5 Å². The van der Waals surface area contributed by atoms with Crippen molar-refractivity contribution in [2.24, 2.45) is 0 Å². The number of amides is 1. The van der Waals surface area contributed by atoms with E-state index in [0.29, 0.717) is 5.01 Å². The number of carbonyl (C=O) groups excluding carboxylic acids is 1. The Balaban J connectivity index is 1.60. The van der Waals surface area contributed by atoms with E-state index in [2.05, 4.69) is 28.5 Å². The first kappa shape index (κ1) is 13.5. The molecule has 0 saturated carbocycles. The highest BCUT2D eigenvalue weighted by atomic mass is 32.1. The number of hydrogen-bond donors (Lipinski definition) is 1. The molecule has 4 heteroatoms. The zero-order valence-electron chi connectivity index (χ0n) is 12.1. The van der Waals surface area contributed by atoms with Crippen LogP contribution >= 0.6 is 11.3 Å². The Bertz CT molecular complexity index is 807. The van der Waals surface area contributed by atoms with Gasteiger partial charge in [0.1, 0.15) is 0 Å². The smallest absolute Gasteiger partial charge is 0.280 e. The van der Waals surface area contributed by atoms with Crippen LogP contribution in [0.2, 0.25) is 0 Å². The van der Waals surface area contributed by atoms with Gasteiger partial charge in [-0.1, -0.05) is 36.4 Å². The van der Waals surface area contributed by atoms with Crippen molar-refractivity contribution in [2.75, 3.05) is 0 Å². The quantitative estimate of drug-likeness (QED) is 0.774. The molecular formula is C18H16N2OS. The van der Waals surface area contributed by atoms with Crippen molar-refractivity contribution >= 4 is 27.5 Å². The van der Waals surface area contributed by atoms with Gasteiger partial charge >= 0.3 is 0 Å². The van der Waals surface area contributed by atoms with Crippen LogP contribution in [0.3, 0.4) is 0 Å². The summed E-state index contributed by atoms with van der Waals surface area (Å²) in [5, 5.41) is 3.71. The van der Waals surface area contributed by atoms with Crippen molar-refractivity contribution in [1.29, 1.82) is 0 Å². The van der Waals surface area contributed by atoms with Gasteiger partial charge in [-0.15, -0.1) is 11.3 Å². The Morgan fingerprint density at radius 3 is 2.86 bits per heavy atom. The van der Waals surface area contributed by atoms with Crippen LogP contribution in [0, 0.1) is 0 Å². The minimum absolute atomic E-state index is 0.0668. The number of rotatable bonds is 2. The molecule has 110 valence electrons. The molecule has 0 bridgehead atoms. The zero-order chi connectivity index (χ0) is 14.9. The van der Waals surface area contributed by atoms with E-state index in [1.807, 2.05) is 30.3 Å². The molecule has 1 aliphatic carbocycles. The first-order valence-corrected chi connectivity index (χ1v) is 8.37. The topological polar surface area (TPSA) is 42.0 Å². The van der Waals surface area contributed by atoms with Gasteiger partial charge in [0.15, 0.2) is 5.01 Å². The lowest BCUT2D eigenvalue weighted by Gasteiger charge is -2.25. The summed E-state index contributed by atoms with van der Waals surface area (Å²) in [5.74, 6) is -0.0668. The second-order valence-electron chi connectivity index (χ2n) is 5.60. The van der Waals surface area contributed by atoms with E-state index >= 15 is 0 Å². The van der Waals surface area contributed by atoms with Gasteiger partial charge in [-0.3, -0.25) is 4.79 Å². The number of fused-ring (bicyclic) bond motifs is 2. The average molecular weight is 308 g/mol. The number of nitrogens with one attached hydrogen (secondary N) is 1. The molecule has 3 aromatic rings. The first-order chi connectivity index (χ1) is 10.8. The van der Waals surface area contributed by atoms with Gasteiger partial charge in [-0.2, -0.15) is 0 Å². The number of thiazole rings is 1. The average Bonchev–Trinajstić information content (AvgIpc) is 2.99. The SMILES string of the molecule is O=C(NC1CCCc2ccccc21)c1nc2ccccc2s1. The predicted octanol–water partition coefficient (Wildman–Crippen LogP) is 4.10. The number of benzene rings is 2. The van der Waals surface area contributed by atoms with Crippen LogP contribution in [-0.2, 0) is 6.42 Å². The third-order valence-corrected chi connectivity index (χ3v) is 5.20. The summed E-state index contributed by atoms with van der Waals surface area (Å²) in [6.07, 6.45) is 3.21. The van der Waals surface area contributed by atoms with Gasteiger partial charge in [0.2, 0.25) is 0 Å². The Morgan fingerprint density at radius 2 is 1.95 bits per heavy atom. The van der Waals surface area contributed by atoms with Crippen LogP contribution in [0.25, 0.3) is 10.2 Å². The Morgan fingerprint density at radius 1 is 1.14 bits per heavy atom. The number of para-hydroxylation sites is 1. The normalized spacial score (nSPS) is 17.2. The number of carbonyl (C=O) groups is 1. The van der Waals surface area contributed by atoms with Crippen LogP contribution in [0.4, 0.5) is 0 Å². The van der Waals surface area contributed by atoms with Crippen molar-refractivity contribution in [3.63, 3.8) is 0 Å². The number of aryl methyl sites for hydroxylation is 1. The molecule has 1 heterocycles. The molecule has 22 heavy (non-hydrogen) atoms. The van der Waals surface area contributed by atoms with E-state index in [4.69, 9.17) is 0 Å². The molecule has 0 fully saturated rings. The van der Waals surface area contributed by atoms with Crippen LogP contribution in [-0.4, -0.2) is 10.9 Å². The highest BCUT2D eigenvalue weighted by Crippen LogP contribution is 2.30. The summed E-state index contributed by atoms with van der Waals surface area (Å²) in [4.78, 5) is 17.0. The summed E-state index contributed by atoms with van der Waals surface area (Å²) in [5.41, 5.74) is 3.49. The Hall–Kier alpha value is -2.20. The third kappa shape index (κ3) is 2.40. The van der Waals surface area contributed by atoms with Crippen molar-refractivity contribution in [1.82, 2.24) is 10.3 Å². The second-order valence-corrected chi connectivity index (χ2v) is 6.63. The second kappa shape index (κ2) is 5.54. The van der Waals surface area contributed by atoms with Gasteiger partial charge < -0.3 is 5.32 Å². The van der Waals surface area contributed by atoms with Crippen LogP contribution < -0.4 is 5.32 Å². The van der Waals surface area contributed by atoms with E-state index in [1.54, 1.807) is 0 Å². The molecular weight excluding hydrogens is 292 g/mol. The van der Waals surface area contributed by atoms with Crippen LogP contribution in [0.5, 0.6) is 0 Å². The van der Waals surface area contributed by atoms with E-state index in [-0.39, 0.29) is 11.9 Å². The van der Waals surface area contributed by atoms with Crippen LogP contribution in [0.1, 0.15) is 39.8 Å². The number of nitrogens with zero attached hydrogens (tertiary/aromatic N) is 1. The monoisotopic (exact) mass is 308 g/mol. The van der Waals surface area contributed by atoms with Crippen molar-refractivity contribution in [2.45, 2.75) is 25.3 Å². The van der Waals surface area contributed by atoms with Gasteiger partial charge in [0.25, 0.3) is 5.91 Å². The lowest BCUT2D eigenvalue weighted by molar-refractivity contribution is 0.0932. The minimum atomic E-state index is -0.0668. The molecule has 1 amide bonds. The van der Waals surface area contributed by atoms with Crippen molar-refractivity contribution in [3.05, 3.63) is 64.7 Å². The fourth-order valence-electron chi connectivity index (χ4n) is 3.09. The largest absolute Gasteiger partial charge is 0.343 e. The van der Waals surface area contributed by atoms with Gasteiger partial charge in [0.05, 0.1) is 16.3 Å². The Labute approximate surface area is 133 Å². The highest BCUT2D eigenvalue weighted by molar-refractivity contribution is 7.20. The maximum Gasteiger partial charge on any atom is 0.280 e. The molecule has 1 aliphatic rings. The number of hydrogen-bond acceptors (Lipinski definition) is 3. The molecule has 1 unspecified atom stereocenters. The summed E-state index contributed by atoms with van der Waals surface area (Å²) in [6.45, 7) is 0. The van der Waals surface area contributed by atoms with Crippen molar-refractivity contribution < 1.29 is 4.79 Å². The molecule has 0 aliphatic heterocycles. The molecule has 0 spiro atoms. The molecule has 3 nitrogen and oxygen atoms in total. The Kier molecular flexibility index (Phi) is 3.39. The van der Waals surface area contributed by atoms with Gasteiger partial charge in [0, 0.05) is 0 Å². The molecule has 4 rings (SSSR count). The zero-order valence-corrected chi connectivity index (χ0v) is 12.9. The van der Waals surface area contributed by atoms with Crippen LogP contribution in [0.15, 0.2) is 48.5 Å². The fraction of sp³-hybridized carbons (Fsp3) is 0.222. The van der Waals surface area contributed by atoms with Gasteiger partial charge in [-0.25, -0.2) is 4.98 Å². The molecule has 1 aromatic heterocycles. The third-order valence-electron chi connectivity index (χ3n) is 4.16. The summed E-state index contributed by atoms with van der Waals surface area (Å²) in [7, 11) is 0. The standard InChI is InChI=1S/C18H16N2OS/c21-17(18-20-15-9-3-4-11-16(15)22-18)19-14-10-5-7-12-6-1-2-8-13(12)14/h1-4,6,8-9,11,14H,5,7,10H2,(H,19,21). The molecule has 1 N–H and O–H groups in total. The van der Waals surface area contributed by atoms with Crippen molar-refractivity contribution in [3.8, 4) is 0 Å². The summed E-state index contributed by atoms with van der Waals surface area (Å²) < 4.78 is 1.05. The maximum atomic E-state index is 12.5. The van der Waals surface area contributed by atoms with E-state index in [1.165, 1.54) is 22.5 Å². The van der Waals surface area contributed by atoms with E-state index in [9.17, 15) is 4.79 Å². The molecule has 2 aromatic carbocycles. The van der Waals surface area contributed by atoms with E-state index < -0.39 is 0 Å². The molecule has 1 atom stereocenters. The van der Waals surface area contributed by atoms with E-state index in [0.717, 1.165) is 29.5 Å². The fourth-order valence-corrected chi connectivity index (χ4v) is 3.96. The lowest BCUT2D eigenvalue weighted by Crippen LogP contribution is -2.30. The predicted molar refractivity (Wildman–Crippen MR) is 89.2 cm³/mol. The minimum Gasteiger partial charge on any atom is -0.343 e. The highest BCUT2D eigenvalue weighted by Gasteiger charge is 2.23. The number of aromatic nitrogens is 1. The maximum absolute atomic E-state index is 12.5. The lowest BCUT2D eigenvalue weighted by atomic mass is 9.88. The molecule has 0 radical (unpaired) electrons. The molecule has 0 saturated heterocycles.